The number of rotatable bonds is 6. The first-order chi connectivity index (χ1) is 12.2. The van der Waals surface area contributed by atoms with Crippen LogP contribution in [0.2, 0.25) is 0 Å². The molecular weight excluding hydrogens is 312 g/mol. The van der Waals surface area contributed by atoms with Crippen LogP contribution in [0.4, 0.5) is 0 Å². The van der Waals surface area contributed by atoms with Gasteiger partial charge in [0, 0.05) is 50.4 Å². The normalized spacial score (nSPS) is 24.0. The fourth-order valence-corrected chi connectivity index (χ4v) is 4.51. The minimum absolute atomic E-state index is 0.131. The molecule has 0 bridgehead atoms. The fourth-order valence-electron chi connectivity index (χ4n) is 4.51. The van der Waals surface area contributed by atoms with Crippen LogP contribution in [0, 0.1) is 11.8 Å². The molecule has 5 heteroatoms. The molecule has 0 radical (unpaired) electrons. The van der Waals surface area contributed by atoms with Gasteiger partial charge < -0.3 is 14.4 Å². The van der Waals surface area contributed by atoms with E-state index in [1.54, 1.807) is 0 Å². The summed E-state index contributed by atoms with van der Waals surface area (Å²) in [5, 5.41) is 0. The Bertz CT molecular complexity index is 580. The summed E-state index contributed by atoms with van der Waals surface area (Å²) in [6.45, 7) is 8.31. The van der Waals surface area contributed by atoms with Crippen LogP contribution < -0.4 is 0 Å². The average Bonchev–Trinajstić information content (AvgIpc) is 3.09. The van der Waals surface area contributed by atoms with Crippen molar-refractivity contribution in [1.29, 1.82) is 0 Å². The van der Waals surface area contributed by atoms with Crippen molar-refractivity contribution in [2.75, 3.05) is 32.7 Å². The Labute approximate surface area is 151 Å². The fraction of sp³-hybridized carbons (Fsp3) is 0.800. The highest BCUT2D eigenvalue weighted by atomic mass is 16.2. The van der Waals surface area contributed by atoms with E-state index in [0.717, 1.165) is 44.9 Å². The van der Waals surface area contributed by atoms with Crippen LogP contribution in [0.15, 0.2) is 12.4 Å². The lowest BCUT2D eigenvalue weighted by Gasteiger charge is -2.34. The molecule has 3 aliphatic rings. The molecule has 1 amide bonds. The van der Waals surface area contributed by atoms with Gasteiger partial charge in [0.1, 0.15) is 5.82 Å². The van der Waals surface area contributed by atoms with E-state index < -0.39 is 0 Å². The maximum atomic E-state index is 12.8. The zero-order valence-corrected chi connectivity index (χ0v) is 15.6. The van der Waals surface area contributed by atoms with Gasteiger partial charge in [0.2, 0.25) is 5.91 Å². The number of amides is 1. The van der Waals surface area contributed by atoms with Gasteiger partial charge in [0.15, 0.2) is 0 Å². The topological polar surface area (TPSA) is 41.4 Å². The summed E-state index contributed by atoms with van der Waals surface area (Å²) in [6.07, 6.45) is 11.5. The number of imidazole rings is 1. The number of carbonyl (C=O) groups is 1. The molecule has 138 valence electrons. The highest BCUT2D eigenvalue weighted by Crippen LogP contribution is 2.33. The van der Waals surface area contributed by atoms with Crippen molar-refractivity contribution in [3.63, 3.8) is 0 Å². The largest absolute Gasteiger partial charge is 0.342 e. The Morgan fingerprint density at radius 1 is 1.16 bits per heavy atom. The lowest BCUT2D eigenvalue weighted by molar-refractivity contribution is -0.136. The maximum absolute atomic E-state index is 12.8. The molecule has 0 N–H and O–H groups in total. The third kappa shape index (κ3) is 4.08. The molecule has 1 unspecified atom stereocenters. The van der Waals surface area contributed by atoms with Crippen molar-refractivity contribution in [3.8, 4) is 0 Å². The number of carbonyl (C=O) groups excluding carboxylic acids is 1. The molecule has 3 fully saturated rings. The molecule has 1 aromatic heterocycles. The van der Waals surface area contributed by atoms with E-state index in [0.29, 0.717) is 11.8 Å². The molecule has 2 aliphatic heterocycles. The van der Waals surface area contributed by atoms with Crippen LogP contribution in [0.25, 0.3) is 0 Å². The summed E-state index contributed by atoms with van der Waals surface area (Å²) < 4.78 is 2.37. The Morgan fingerprint density at radius 3 is 2.56 bits per heavy atom. The first-order valence-corrected chi connectivity index (χ1v) is 10.2. The van der Waals surface area contributed by atoms with Crippen LogP contribution in [0.5, 0.6) is 0 Å². The second-order valence-electron chi connectivity index (χ2n) is 8.39. The summed E-state index contributed by atoms with van der Waals surface area (Å²) in [6, 6.07) is 0. The van der Waals surface area contributed by atoms with Crippen LogP contribution in [-0.4, -0.2) is 58.0 Å². The summed E-state index contributed by atoms with van der Waals surface area (Å²) in [4.78, 5) is 22.0. The van der Waals surface area contributed by atoms with Crippen molar-refractivity contribution in [1.82, 2.24) is 19.4 Å². The lowest BCUT2D eigenvalue weighted by Crippen LogP contribution is -2.43. The highest BCUT2D eigenvalue weighted by molar-refractivity contribution is 5.78. The quantitative estimate of drug-likeness (QED) is 0.797. The summed E-state index contributed by atoms with van der Waals surface area (Å²) in [5.74, 6) is 3.13. The average molecular weight is 345 g/mol. The molecule has 1 aromatic rings. The van der Waals surface area contributed by atoms with E-state index in [1.165, 1.54) is 44.6 Å². The molecule has 0 aromatic carbocycles. The molecule has 3 heterocycles. The molecule has 1 saturated carbocycles. The third-order valence-electron chi connectivity index (χ3n) is 6.22. The summed E-state index contributed by atoms with van der Waals surface area (Å²) >= 11 is 0. The van der Waals surface area contributed by atoms with Crippen molar-refractivity contribution < 1.29 is 4.79 Å². The van der Waals surface area contributed by atoms with Gasteiger partial charge in [-0.05, 0) is 57.5 Å². The van der Waals surface area contributed by atoms with Gasteiger partial charge in [-0.15, -0.1) is 0 Å². The van der Waals surface area contributed by atoms with Gasteiger partial charge in [-0.25, -0.2) is 4.98 Å². The Balaban J connectivity index is 1.28. The lowest BCUT2D eigenvalue weighted by atomic mass is 9.94. The molecule has 1 aliphatic carbocycles. The van der Waals surface area contributed by atoms with E-state index in [2.05, 4.69) is 32.5 Å². The van der Waals surface area contributed by atoms with E-state index in [9.17, 15) is 4.79 Å². The Hall–Kier alpha value is -1.36. The number of hydrogen-bond donors (Lipinski definition) is 0. The smallest absolute Gasteiger partial charge is 0.226 e. The maximum Gasteiger partial charge on any atom is 0.226 e. The first kappa shape index (κ1) is 17.1. The van der Waals surface area contributed by atoms with Gasteiger partial charge >= 0.3 is 0 Å². The number of hydrogen-bond acceptors (Lipinski definition) is 3. The number of nitrogens with zero attached hydrogens (tertiary/aromatic N) is 4. The van der Waals surface area contributed by atoms with E-state index in [-0.39, 0.29) is 5.92 Å². The monoisotopic (exact) mass is 344 g/mol. The molecule has 0 spiro atoms. The Kier molecular flexibility index (Phi) is 5.11. The van der Waals surface area contributed by atoms with Gasteiger partial charge in [0.05, 0.1) is 0 Å². The van der Waals surface area contributed by atoms with Gasteiger partial charge in [-0.1, -0.05) is 6.92 Å². The molecule has 2 saturated heterocycles. The number of aromatic nitrogens is 2. The van der Waals surface area contributed by atoms with Crippen molar-refractivity contribution >= 4 is 5.91 Å². The summed E-state index contributed by atoms with van der Waals surface area (Å²) in [5.41, 5.74) is 0. The van der Waals surface area contributed by atoms with Crippen LogP contribution >= 0.6 is 0 Å². The molecular formula is C20H32N4O. The SMILES string of the molecule is CC(CN1CCCC1)C(=O)N1CCC(c2nccn2CC2CC2)CC1. The minimum atomic E-state index is 0.131. The first-order valence-electron chi connectivity index (χ1n) is 10.2. The zero-order valence-electron chi connectivity index (χ0n) is 15.6. The van der Waals surface area contributed by atoms with Crippen LogP contribution in [0.1, 0.15) is 57.2 Å². The van der Waals surface area contributed by atoms with Gasteiger partial charge in [0.25, 0.3) is 0 Å². The minimum Gasteiger partial charge on any atom is -0.342 e. The third-order valence-corrected chi connectivity index (χ3v) is 6.22. The second-order valence-corrected chi connectivity index (χ2v) is 8.39. The predicted molar refractivity (Wildman–Crippen MR) is 98.3 cm³/mol. The van der Waals surface area contributed by atoms with Crippen LogP contribution in [-0.2, 0) is 11.3 Å². The highest BCUT2D eigenvalue weighted by Gasteiger charge is 2.30. The van der Waals surface area contributed by atoms with E-state index >= 15 is 0 Å². The number of piperidine rings is 1. The molecule has 25 heavy (non-hydrogen) atoms. The number of likely N-dealkylation sites (tertiary alicyclic amines) is 2. The standard InChI is InChI=1S/C20H32N4O/c1-16(14-22-9-2-3-10-22)20(25)23-11-6-18(7-12-23)19-21-8-13-24(19)15-17-4-5-17/h8,13,16-18H,2-7,9-12,14-15H2,1H3. The van der Waals surface area contributed by atoms with Gasteiger partial charge in [-0.3, -0.25) is 4.79 Å². The van der Waals surface area contributed by atoms with Crippen molar-refractivity contribution in [2.45, 2.75) is 57.9 Å². The second kappa shape index (κ2) is 7.48. The van der Waals surface area contributed by atoms with Gasteiger partial charge in [-0.2, -0.15) is 0 Å². The molecule has 5 nitrogen and oxygen atoms in total. The van der Waals surface area contributed by atoms with E-state index in [1.807, 2.05) is 6.20 Å². The molecule has 1 atom stereocenters. The van der Waals surface area contributed by atoms with Crippen molar-refractivity contribution in [2.24, 2.45) is 11.8 Å². The predicted octanol–water partition coefficient (Wildman–Crippen LogP) is 2.73. The Morgan fingerprint density at radius 2 is 1.88 bits per heavy atom. The molecule has 4 rings (SSSR count). The zero-order chi connectivity index (χ0) is 17.2. The van der Waals surface area contributed by atoms with E-state index in [4.69, 9.17) is 0 Å². The van der Waals surface area contributed by atoms with Crippen LogP contribution in [0.3, 0.4) is 0 Å². The van der Waals surface area contributed by atoms with Crippen molar-refractivity contribution in [3.05, 3.63) is 18.2 Å². The summed E-state index contributed by atoms with van der Waals surface area (Å²) in [7, 11) is 0.